The lowest BCUT2D eigenvalue weighted by Crippen LogP contribution is -2.42. The Hall–Kier alpha value is -1.11. The molecule has 5 nitrogen and oxygen atoms in total. The number of rotatable bonds is 5. The van der Waals surface area contributed by atoms with Gasteiger partial charge in [-0.25, -0.2) is 12.7 Å². The van der Waals surface area contributed by atoms with E-state index in [2.05, 4.69) is 24.1 Å². The van der Waals surface area contributed by atoms with Crippen LogP contribution in [0.25, 0.3) is 0 Å². The van der Waals surface area contributed by atoms with Gasteiger partial charge in [0.05, 0.1) is 6.26 Å². The van der Waals surface area contributed by atoms with Gasteiger partial charge in [-0.1, -0.05) is 12.1 Å². The maximum atomic E-state index is 11.7. The Balaban J connectivity index is 2.00. The number of nitrogens with two attached hydrogens (primary N) is 1. The standard InChI is InChI=1S/C15H25N3O2S/c1-17(15-7-3-5-13(9-15)10-16)11-14-6-4-8-18(12-14)21(2,19)20/h3,5,7,9,14H,4,6,8,10-12,16H2,1-2H3. The Morgan fingerprint density at radius 2 is 2.19 bits per heavy atom. The fourth-order valence-corrected chi connectivity index (χ4v) is 3.83. The van der Waals surface area contributed by atoms with Gasteiger partial charge in [-0.3, -0.25) is 0 Å². The molecule has 1 heterocycles. The van der Waals surface area contributed by atoms with Gasteiger partial charge >= 0.3 is 0 Å². The predicted octanol–water partition coefficient (Wildman–Crippen LogP) is 1.25. The van der Waals surface area contributed by atoms with Crippen molar-refractivity contribution in [2.75, 3.05) is 37.8 Å². The summed E-state index contributed by atoms with van der Waals surface area (Å²) in [5, 5.41) is 0. The minimum absolute atomic E-state index is 0.375. The van der Waals surface area contributed by atoms with Gasteiger partial charge in [0.15, 0.2) is 0 Å². The first-order chi connectivity index (χ1) is 9.90. The van der Waals surface area contributed by atoms with Crippen LogP contribution in [0.2, 0.25) is 0 Å². The van der Waals surface area contributed by atoms with E-state index in [1.54, 1.807) is 4.31 Å². The Morgan fingerprint density at radius 1 is 1.43 bits per heavy atom. The van der Waals surface area contributed by atoms with E-state index in [0.717, 1.165) is 30.6 Å². The minimum Gasteiger partial charge on any atom is -0.374 e. The summed E-state index contributed by atoms with van der Waals surface area (Å²) in [6.07, 6.45) is 3.31. The minimum atomic E-state index is -3.07. The number of hydrogen-bond acceptors (Lipinski definition) is 4. The van der Waals surface area contributed by atoms with Crippen LogP contribution in [0.5, 0.6) is 0 Å². The van der Waals surface area contributed by atoms with Crippen LogP contribution in [-0.2, 0) is 16.6 Å². The lowest BCUT2D eigenvalue weighted by Gasteiger charge is -2.34. The summed E-state index contributed by atoms with van der Waals surface area (Å²) in [6.45, 7) is 2.68. The summed E-state index contributed by atoms with van der Waals surface area (Å²) in [6, 6.07) is 8.19. The summed E-state index contributed by atoms with van der Waals surface area (Å²) in [5.74, 6) is 0.375. The molecule has 0 saturated carbocycles. The van der Waals surface area contributed by atoms with Gasteiger partial charge in [-0.15, -0.1) is 0 Å². The maximum Gasteiger partial charge on any atom is 0.211 e. The fourth-order valence-electron chi connectivity index (χ4n) is 2.89. The number of anilines is 1. The van der Waals surface area contributed by atoms with Crippen LogP contribution in [-0.4, -0.2) is 45.7 Å². The largest absolute Gasteiger partial charge is 0.374 e. The predicted molar refractivity (Wildman–Crippen MR) is 86.7 cm³/mol. The zero-order valence-corrected chi connectivity index (χ0v) is 13.6. The smallest absolute Gasteiger partial charge is 0.211 e. The van der Waals surface area contributed by atoms with Gasteiger partial charge in [0.25, 0.3) is 0 Å². The SMILES string of the molecule is CN(CC1CCCN(S(C)(=O)=O)C1)c1cccc(CN)c1. The molecule has 0 aromatic heterocycles. The van der Waals surface area contributed by atoms with Gasteiger partial charge in [-0.2, -0.15) is 0 Å². The first-order valence-corrected chi connectivity index (χ1v) is 9.20. The molecule has 6 heteroatoms. The van der Waals surface area contributed by atoms with Crippen molar-refractivity contribution in [3.05, 3.63) is 29.8 Å². The molecule has 1 unspecified atom stereocenters. The van der Waals surface area contributed by atoms with Crippen LogP contribution in [0, 0.1) is 5.92 Å². The van der Waals surface area contributed by atoms with E-state index in [1.807, 2.05) is 12.1 Å². The summed E-state index contributed by atoms with van der Waals surface area (Å²) >= 11 is 0. The average molecular weight is 311 g/mol. The van der Waals surface area contributed by atoms with Crippen molar-refractivity contribution in [3.63, 3.8) is 0 Å². The highest BCUT2D eigenvalue weighted by Gasteiger charge is 2.26. The first kappa shape index (κ1) is 16.3. The monoisotopic (exact) mass is 311 g/mol. The fraction of sp³-hybridized carbons (Fsp3) is 0.600. The quantitative estimate of drug-likeness (QED) is 0.889. The Kier molecular flexibility index (Phi) is 5.24. The second-order valence-corrected chi connectivity index (χ2v) is 7.87. The molecule has 1 aliphatic rings. The maximum absolute atomic E-state index is 11.7. The van der Waals surface area contributed by atoms with Gasteiger partial charge in [0.2, 0.25) is 10.0 Å². The molecule has 2 N–H and O–H groups in total. The van der Waals surface area contributed by atoms with Crippen LogP contribution < -0.4 is 10.6 Å². The molecule has 1 atom stereocenters. The Morgan fingerprint density at radius 3 is 2.86 bits per heavy atom. The van der Waals surface area contributed by atoms with Gasteiger partial charge < -0.3 is 10.6 Å². The number of nitrogens with zero attached hydrogens (tertiary/aromatic N) is 2. The van der Waals surface area contributed by atoms with Crippen molar-refractivity contribution >= 4 is 15.7 Å². The molecule has 118 valence electrons. The molecule has 1 fully saturated rings. The summed E-state index contributed by atoms with van der Waals surface area (Å²) in [5.41, 5.74) is 7.92. The van der Waals surface area contributed by atoms with Crippen molar-refractivity contribution in [3.8, 4) is 0 Å². The number of benzene rings is 1. The molecule has 1 aliphatic heterocycles. The molecule has 0 amide bonds. The molecule has 0 bridgehead atoms. The molecule has 2 rings (SSSR count). The molecule has 0 spiro atoms. The highest BCUT2D eigenvalue weighted by atomic mass is 32.2. The van der Waals surface area contributed by atoms with E-state index in [-0.39, 0.29) is 0 Å². The van der Waals surface area contributed by atoms with Crippen LogP contribution >= 0.6 is 0 Å². The summed E-state index contributed by atoms with van der Waals surface area (Å²) < 4.78 is 24.9. The van der Waals surface area contributed by atoms with E-state index in [1.165, 1.54) is 6.26 Å². The normalized spacial score (nSPS) is 20.4. The highest BCUT2D eigenvalue weighted by Crippen LogP contribution is 2.22. The lowest BCUT2D eigenvalue weighted by molar-refractivity contribution is 0.271. The highest BCUT2D eigenvalue weighted by molar-refractivity contribution is 7.88. The average Bonchev–Trinajstić information content (AvgIpc) is 2.46. The number of piperidine rings is 1. The Bertz CT molecular complexity index is 574. The van der Waals surface area contributed by atoms with Crippen molar-refractivity contribution in [2.24, 2.45) is 11.7 Å². The van der Waals surface area contributed by atoms with Crippen molar-refractivity contribution in [1.29, 1.82) is 0 Å². The third kappa shape index (κ3) is 4.43. The number of hydrogen-bond donors (Lipinski definition) is 1. The van der Waals surface area contributed by atoms with Gasteiger partial charge in [-0.05, 0) is 36.5 Å². The summed E-state index contributed by atoms with van der Waals surface area (Å²) in [7, 11) is -1.02. The van der Waals surface area contributed by atoms with Crippen LogP contribution in [0.4, 0.5) is 5.69 Å². The molecule has 1 aromatic carbocycles. The van der Waals surface area contributed by atoms with Gasteiger partial charge in [0, 0.05) is 38.9 Å². The third-order valence-electron chi connectivity index (χ3n) is 4.07. The Labute approximate surface area is 127 Å². The van der Waals surface area contributed by atoms with Crippen LogP contribution in [0.3, 0.4) is 0 Å². The molecule has 21 heavy (non-hydrogen) atoms. The van der Waals surface area contributed by atoms with Crippen LogP contribution in [0.15, 0.2) is 24.3 Å². The zero-order chi connectivity index (χ0) is 15.5. The second kappa shape index (κ2) is 6.77. The van der Waals surface area contributed by atoms with E-state index >= 15 is 0 Å². The van der Waals surface area contributed by atoms with E-state index in [0.29, 0.717) is 25.6 Å². The van der Waals surface area contributed by atoms with Crippen molar-refractivity contribution in [1.82, 2.24) is 4.31 Å². The number of sulfonamides is 1. The van der Waals surface area contributed by atoms with Crippen molar-refractivity contribution in [2.45, 2.75) is 19.4 Å². The molecule has 1 aromatic rings. The molecule has 0 radical (unpaired) electrons. The molecular weight excluding hydrogens is 286 g/mol. The van der Waals surface area contributed by atoms with Gasteiger partial charge in [0.1, 0.15) is 0 Å². The third-order valence-corrected chi connectivity index (χ3v) is 5.34. The summed E-state index contributed by atoms with van der Waals surface area (Å²) in [4.78, 5) is 2.19. The van der Waals surface area contributed by atoms with E-state index in [4.69, 9.17) is 5.73 Å². The zero-order valence-electron chi connectivity index (χ0n) is 12.8. The van der Waals surface area contributed by atoms with E-state index < -0.39 is 10.0 Å². The van der Waals surface area contributed by atoms with Crippen molar-refractivity contribution < 1.29 is 8.42 Å². The molecule has 1 saturated heterocycles. The first-order valence-electron chi connectivity index (χ1n) is 7.35. The second-order valence-electron chi connectivity index (χ2n) is 5.88. The van der Waals surface area contributed by atoms with Crippen LogP contribution in [0.1, 0.15) is 18.4 Å². The molecule has 0 aliphatic carbocycles. The topological polar surface area (TPSA) is 66.6 Å². The lowest BCUT2D eigenvalue weighted by atomic mass is 9.99. The molecular formula is C15H25N3O2S. The van der Waals surface area contributed by atoms with E-state index in [9.17, 15) is 8.42 Å².